The Labute approximate surface area is 70.4 Å². The fraction of sp³-hybridized carbons (Fsp3) is 0.667. The average Bonchev–Trinajstić information content (AvgIpc) is 1.64. The zero-order chi connectivity index (χ0) is 6.73. The van der Waals surface area contributed by atoms with Crippen molar-refractivity contribution in [2.24, 2.45) is 0 Å². The van der Waals surface area contributed by atoms with Gasteiger partial charge in [-0.3, -0.25) is 4.79 Å². The number of hydrogen-bond donors (Lipinski definition) is 0. The molecule has 0 aliphatic heterocycles. The van der Waals surface area contributed by atoms with Gasteiger partial charge in [-0.05, 0) is 11.6 Å². The van der Waals surface area contributed by atoms with Crippen molar-refractivity contribution in [3.63, 3.8) is 0 Å². The highest BCUT2D eigenvalue weighted by atomic mass is 79.9. The maximum atomic E-state index is 10.1. The van der Waals surface area contributed by atoms with Crippen LogP contribution in [0.4, 0.5) is 0 Å². The molecule has 0 aromatic heterocycles. The van der Waals surface area contributed by atoms with Gasteiger partial charge in [0.05, 0.1) is 0 Å². The van der Waals surface area contributed by atoms with Gasteiger partial charge < -0.3 is 0 Å². The predicted octanol–water partition coefficient (Wildman–Crippen LogP) is 2.32. The molecule has 0 aliphatic rings. The third-order valence-corrected chi connectivity index (χ3v) is 2.45. The number of rotatable bonds is 2. The van der Waals surface area contributed by atoms with Crippen LogP contribution >= 0.6 is 50.7 Å². The minimum Gasteiger partial charge on any atom is -0.280 e. The Kier molecular flexibility index (Phi) is 4.44. The number of alkyl halides is 3. The Morgan fingerprint density at radius 2 is 1.88 bits per heavy atom. The minimum atomic E-state index is -0.849. The minimum absolute atomic E-state index is 0.589. The Hall–Kier alpha value is 1.02. The molecular formula is C3H2BrCl3O. The first-order chi connectivity index (χ1) is 3.55. The highest BCUT2D eigenvalue weighted by Crippen LogP contribution is 2.17. The molecule has 48 valence electrons. The maximum Gasteiger partial charge on any atom is 0.241 e. The molecule has 1 nitrogen and oxygen atoms in total. The summed E-state index contributed by atoms with van der Waals surface area (Å²) in [6.07, 6.45) is 0. The number of halogens is 4. The van der Waals surface area contributed by atoms with Gasteiger partial charge in [-0.1, -0.05) is 15.9 Å². The molecule has 0 aliphatic carbocycles. The third-order valence-electron chi connectivity index (χ3n) is 0.438. The molecule has 0 spiro atoms. The second-order valence-corrected chi connectivity index (χ2v) is 3.87. The summed E-state index contributed by atoms with van der Waals surface area (Å²) < 4.78 is -0.589. The van der Waals surface area contributed by atoms with E-state index in [4.69, 9.17) is 34.8 Å². The standard InChI is InChI=1S/C3H2BrCl3O/c4-2(6)1(5)3(7)8/h1-2H. The molecule has 0 fully saturated rings. The number of carbonyl (C=O) groups is 1. The zero-order valence-corrected chi connectivity index (χ0v) is 7.43. The van der Waals surface area contributed by atoms with Gasteiger partial charge in [0.2, 0.25) is 5.24 Å². The fourth-order valence-electron chi connectivity index (χ4n) is 0.0991. The summed E-state index contributed by atoms with van der Waals surface area (Å²) >= 11 is 18.4. The van der Waals surface area contributed by atoms with E-state index in [0.717, 1.165) is 0 Å². The molecule has 0 saturated carbocycles. The van der Waals surface area contributed by atoms with Crippen LogP contribution in [0.15, 0.2) is 0 Å². The summed E-state index contributed by atoms with van der Waals surface area (Å²) in [6, 6.07) is 0. The topological polar surface area (TPSA) is 17.1 Å². The van der Waals surface area contributed by atoms with Gasteiger partial charge in [-0.2, -0.15) is 0 Å². The van der Waals surface area contributed by atoms with Crippen molar-refractivity contribution in [3.8, 4) is 0 Å². The van der Waals surface area contributed by atoms with Crippen molar-refractivity contribution < 1.29 is 4.79 Å². The average molecular weight is 240 g/mol. The smallest absolute Gasteiger partial charge is 0.241 e. The van der Waals surface area contributed by atoms with Gasteiger partial charge in [-0.25, -0.2) is 0 Å². The van der Waals surface area contributed by atoms with Crippen LogP contribution in [0.1, 0.15) is 0 Å². The van der Waals surface area contributed by atoms with E-state index in [9.17, 15) is 4.79 Å². The lowest BCUT2D eigenvalue weighted by Crippen LogP contribution is -2.14. The third kappa shape index (κ3) is 3.13. The summed E-state index contributed by atoms with van der Waals surface area (Å²) in [5, 5.41) is -1.50. The summed E-state index contributed by atoms with van der Waals surface area (Å²) in [4.78, 5) is 10.1. The molecule has 0 aromatic carbocycles. The summed E-state index contributed by atoms with van der Waals surface area (Å²) in [6.45, 7) is 0. The molecule has 0 amide bonds. The van der Waals surface area contributed by atoms with Gasteiger partial charge in [0.1, 0.15) is 9.66 Å². The Bertz CT molecular complexity index is 94.5. The Morgan fingerprint density at radius 3 is 1.88 bits per heavy atom. The van der Waals surface area contributed by atoms with E-state index >= 15 is 0 Å². The fourth-order valence-corrected chi connectivity index (χ4v) is 0.796. The van der Waals surface area contributed by atoms with Crippen LogP contribution in [0.3, 0.4) is 0 Å². The number of hydrogen-bond acceptors (Lipinski definition) is 1. The van der Waals surface area contributed by atoms with Gasteiger partial charge in [-0.15, -0.1) is 23.2 Å². The first-order valence-electron chi connectivity index (χ1n) is 1.67. The first-order valence-corrected chi connectivity index (χ1v) is 3.84. The molecule has 0 rings (SSSR count). The van der Waals surface area contributed by atoms with E-state index in [-0.39, 0.29) is 0 Å². The van der Waals surface area contributed by atoms with Crippen molar-refractivity contribution in [2.45, 2.75) is 9.66 Å². The second kappa shape index (κ2) is 3.94. The van der Waals surface area contributed by atoms with E-state index in [1.54, 1.807) is 0 Å². The molecule has 0 radical (unpaired) electrons. The van der Waals surface area contributed by atoms with Gasteiger partial charge in [0.15, 0.2) is 0 Å². The zero-order valence-electron chi connectivity index (χ0n) is 3.57. The largest absolute Gasteiger partial charge is 0.280 e. The highest BCUT2D eigenvalue weighted by Gasteiger charge is 2.19. The molecule has 0 N–H and O–H groups in total. The molecule has 2 unspecified atom stereocenters. The molecule has 0 heterocycles. The van der Waals surface area contributed by atoms with Gasteiger partial charge >= 0.3 is 0 Å². The van der Waals surface area contributed by atoms with E-state index < -0.39 is 14.9 Å². The van der Waals surface area contributed by atoms with Crippen molar-refractivity contribution in [1.29, 1.82) is 0 Å². The summed E-state index contributed by atoms with van der Waals surface area (Å²) in [5.41, 5.74) is 0. The molecule has 2 atom stereocenters. The van der Waals surface area contributed by atoms with E-state index in [2.05, 4.69) is 15.9 Å². The van der Waals surface area contributed by atoms with Crippen LogP contribution in [0.5, 0.6) is 0 Å². The molecular weight excluding hydrogens is 238 g/mol. The van der Waals surface area contributed by atoms with Crippen LogP contribution in [0.25, 0.3) is 0 Å². The molecule has 5 heteroatoms. The Morgan fingerprint density at radius 1 is 1.50 bits per heavy atom. The van der Waals surface area contributed by atoms with E-state index in [1.807, 2.05) is 0 Å². The lowest BCUT2D eigenvalue weighted by atomic mass is 10.5. The van der Waals surface area contributed by atoms with Crippen molar-refractivity contribution in [1.82, 2.24) is 0 Å². The quantitative estimate of drug-likeness (QED) is 0.535. The molecule has 8 heavy (non-hydrogen) atoms. The molecule has 0 aromatic rings. The van der Waals surface area contributed by atoms with Crippen LogP contribution in [-0.4, -0.2) is 14.9 Å². The van der Waals surface area contributed by atoms with Crippen molar-refractivity contribution in [2.75, 3.05) is 0 Å². The normalized spacial score (nSPS) is 17.5. The first kappa shape index (κ1) is 9.02. The molecule has 0 bridgehead atoms. The second-order valence-electron chi connectivity index (χ2n) is 1.04. The van der Waals surface area contributed by atoms with Crippen LogP contribution in [0, 0.1) is 0 Å². The van der Waals surface area contributed by atoms with Crippen LogP contribution in [0.2, 0.25) is 0 Å². The lowest BCUT2D eigenvalue weighted by molar-refractivity contribution is -0.111. The van der Waals surface area contributed by atoms with Crippen LogP contribution in [-0.2, 0) is 4.79 Å². The maximum absolute atomic E-state index is 10.1. The van der Waals surface area contributed by atoms with Crippen molar-refractivity contribution >= 4 is 56.0 Å². The summed E-state index contributed by atoms with van der Waals surface area (Å²) in [7, 11) is 0. The van der Waals surface area contributed by atoms with Gasteiger partial charge in [0, 0.05) is 0 Å². The highest BCUT2D eigenvalue weighted by molar-refractivity contribution is 9.10. The van der Waals surface area contributed by atoms with Gasteiger partial charge in [0.25, 0.3) is 0 Å². The molecule has 0 saturated heterocycles. The SMILES string of the molecule is O=C(Cl)C(Cl)C(Cl)Br. The summed E-state index contributed by atoms with van der Waals surface area (Å²) in [5.74, 6) is 0. The van der Waals surface area contributed by atoms with Crippen LogP contribution < -0.4 is 0 Å². The monoisotopic (exact) mass is 238 g/mol. The number of carbonyl (C=O) groups excluding carboxylic acids is 1. The van der Waals surface area contributed by atoms with E-state index in [1.165, 1.54) is 0 Å². The Balaban J connectivity index is 3.64. The lowest BCUT2D eigenvalue weighted by Gasteiger charge is -2.01. The predicted molar refractivity (Wildman–Crippen MR) is 39.1 cm³/mol. The van der Waals surface area contributed by atoms with E-state index in [0.29, 0.717) is 0 Å². The van der Waals surface area contributed by atoms with Crippen molar-refractivity contribution in [3.05, 3.63) is 0 Å².